The zero-order chi connectivity index (χ0) is 28.5. The summed E-state index contributed by atoms with van der Waals surface area (Å²) in [6, 6.07) is 13.7. The van der Waals surface area contributed by atoms with Gasteiger partial charge in [0.15, 0.2) is 0 Å². The molecule has 2 aliphatic heterocycles. The monoisotopic (exact) mass is 612 g/mol. The minimum Gasteiger partial charge on any atom is -0.478 e. The molecule has 2 fully saturated rings. The first-order valence-corrected chi connectivity index (χ1v) is 13.5. The lowest BCUT2D eigenvalue weighted by molar-refractivity contribution is -0.173. The van der Waals surface area contributed by atoms with Crippen molar-refractivity contribution in [2.75, 3.05) is 6.54 Å². The number of rotatable bonds is 8. The molecule has 2 heterocycles. The van der Waals surface area contributed by atoms with Gasteiger partial charge in [-0.05, 0) is 37.6 Å². The molecule has 0 aromatic heterocycles. The third kappa shape index (κ3) is 5.22. The molecule has 3 atom stereocenters. The Morgan fingerprint density at radius 2 is 1.95 bits per heavy atom. The number of halogens is 1. The third-order valence-electron chi connectivity index (χ3n) is 6.62. The molecule has 0 radical (unpaired) electrons. The Morgan fingerprint density at radius 1 is 1.26 bits per heavy atom. The Bertz CT molecular complexity index is 1410. The van der Waals surface area contributed by atoms with Gasteiger partial charge in [-0.2, -0.15) is 5.26 Å². The predicted molar refractivity (Wildman–Crippen MR) is 146 cm³/mol. The number of carbonyl (C=O) groups excluding carboxylic acids is 3. The molecule has 0 bridgehead atoms. The van der Waals surface area contributed by atoms with Gasteiger partial charge < -0.3 is 21.1 Å². The van der Waals surface area contributed by atoms with E-state index in [-0.39, 0.29) is 30.1 Å². The van der Waals surface area contributed by atoms with Crippen LogP contribution in [0.15, 0.2) is 53.0 Å². The van der Waals surface area contributed by atoms with Crippen molar-refractivity contribution < 1.29 is 24.3 Å². The molecule has 0 spiro atoms. The Hall–Kier alpha value is -3.89. The average molecular weight is 613 g/mol. The fourth-order valence-corrected chi connectivity index (χ4v) is 6.89. The summed E-state index contributed by atoms with van der Waals surface area (Å²) >= 11 is 4.58. The number of hydrogen-bond acceptors (Lipinski definition) is 7. The van der Waals surface area contributed by atoms with Crippen LogP contribution in [-0.4, -0.2) is 61.9 Å². The second kappa shape index (κ2) is 10.7. The highest BCUT2D eigenvalue weighted by Gasteiger charge is 2.70. The largest absolute Gasteiger partial charge is 0.478 e. The number of β-lactam (4-membered cyclic amide) rings is 1. The van der Waals surface area contributed by atoms with E-state index in [2.05, 4.69) is 31.9 Å². The summed E-state index contributed by atoms with van der Waals surface area (Å²) < 4.78 is -0.462. The van der Waals surface area contributed by atoms with Crippen LogP contribution in [0.3, 0.4) is 0 Å². The molecule has 11 nitrogen and oxygen atoms in total. The lowest BCUT2D eigenvalue weighted by Gasteiger charge is -2.46. The summed E-state index contributed by atoms with van der Waals surface area (Å²) in [6.45, 7) is 2.94. The molecule has 2 aliphatic rings. The first-order chi connectivity index (χ1) is 18.4. The minimum absolute atomic E-state index is 0.111. The maximum absolute atomic E-state index is 13.6. The molecule has 2 aromatic rings. The van der Waals surface area contributed by atoms with Gasteiger partial charge in [0.1, 0.15) is 11.9 Å². The normalized spacial score (nSPS) is 21.5. The second-order valence-corrected chi connectivity index (χ2v) is 12.3. The van der Waals surface area contributed by atoms with E-state index in [4.69, 9.17) is 10.7 Å². The molecule has 13 heteroatoms. The highest BCUT2D eigenvalue weighted by atomic mass is 79.9. The van der Waals surface area contributed by atoms with Gasteiger partial charge >= 0.3 is 5.97 Å². The molecule has 3 amide bonds. The molecule has 0 aliphatic carbocycles. The predicted octanol–water partition coefficient (Wildman–Crippen LogP) is 2.07. The van der Waals surface area contributed by atoms with E-state index in [1.165, 1.54) is 22.7 Å². The standard InChI is InChI=1S/C26H25BrN6O5S/c1-25(2)26(24(37)38,33-19(35)11-20(33)39-25)32-23(36)21(15-6-4-3-5-7-15)31-18(34)13-30-22(29)16-8-14(12-28)9-17(27)10-16/h3-10,20-21H,11,13H2,1-2H3,(H2,29,30)(H,31,34)(H,32,36)(H,37,38)/t20-,21?,26+/m1/s1. The van der Waals surface area contributed by atoms with Crippen molar-refractivity contribution in [1.29, 1.82) is 10.7 Å². The smallest absolute Gasteiger partial charge is 0.352 e. The van der Waals surface area contributed by atoms with E-state index < -0.39 is 34.2 Å². The van der Waals surface area contributed by atoms with Gasteiger partial charge in [-0.1, -0.05) is 46.3 Å². The van der Waals surface area contributed by atoms with Gasteiger partial charge in [0.25, 0.3) is 0 Å². The lowest BCUT2D eigenvalue weighted by atomic mass is 9.89. The topological polar surface area (TPSA) is 175 Å². The van der Waals surface area contributed by atoms with E-state index in [0.29, 0.717) is 21.2 Å². The van der Waals surface area contributed by atoms with E-state index in [9.17, 15) is 24.3 Å². The maximum atomic E-state index is 13.6. The molecule has 0 saturated carbocycles. The summed E-state index contributed by atoms with van der Waals surface area (Å²) in [6.07, 6.45) is 0.184. The van der Waals surface area contributed by atoms with Crippen LogP contribution in [0.1, 0.15) is 43.0 Å². The highest BCUT2D eigenvalue weighted by Crippen LogP contribution is 2.55. The fourth-order valence-electron chi connectivity index (χ4n) is 4.70. The number of carbonyl (C=O) groups is 4. The Morgan fingerprint density at radius 3 is 2.56 bits per heavy atom. The molecule has 2 aromatic carbocycles. The Labute approximate surface area is 237 Å². The first-order valence-electron chi connectivity index (χ1n) is 11.8. The van der Waals surface area contributed by atoms with Gasteiger partial charge in [0.05, 0.1) is 34.7 Å². The number of carboxylic acid groups (broad SMARTS) is 1. The molecule has 4 rings (SSSR count). The van der Waals surface area contributed by atoms with Gasteiger partial charge in [0, 0.05) is 10.0 Å². The minimum atomic E-state index is -2.01. The molecule has 1 unspecified atom stereocenters. The number of benzene rings is 2. The van der Waals surface area contributed by atoms with Gasteiger partial charge in [0.2, 0.25) is 23.4 Å². The van der Waals surface area contributed by atoms with E-state index in [0.717, 1.165) is 0 Å². The van der Waals surface area contributed by atoms with Gasteiger partial charge in [-0.25, -0.2) is 4.79 Å². The van der Waals surface area contributed by atoms with Crippen LogP contribution in [0.4, 0.5) is 0 Å². The summed E-state index contributed by atoms with van der Waals surface area (Å²) in [5.41, 5.74) is -0.894. The van der Waals surface area contributed by atoms with Crippen LogP contribution in [0, 0.1) is 16.7 Å². The number of hydrogen-bond donors (Lipinski definition) is 5. The quantitative estimate of drug-likeness (QED) is 0.171. The van der Waals surface area contributed by atoms with Crippen LogP contribution in [0.25, 0.3) is 0 Å². The number of nitriles is 1. The molecular formula is C26H25BrN6O5S. The first kappa shape index (κ1) is 28.1. The molecule has 2 saturated heterocycles. The van der Waals surface area contributed by atoms with Crippen LogP contribution in [0.5, 0.6) is 0 Å². The van der Waals surface area contributed by atoms with Crippen molar-refractivity contribution in [1.82, 2.24) is 20.9 Å². The summed E-state index contributed by atoms with van der Waals surface area (Å²) in [5, 5.41) is 35.2. The molecule has 202 valence electrons. The SMILES string of the molecule is CC1(C)S[C@@H]2CC(=O)N2[C@@]1(NC(=O)C(NC(=O)CNC(=N)c1cc(Br)cc(C#N)c1)c1ccccc1)C(=O)O. The molecule has 39 heavy (non-hydrogen) atoms. The van der Waals surface area contributed by atoms with Gasteiger partial charge in [-0.15, -0.1) is 11.8 Å². The van der Waals surface area contributed by atoms with Crippen molar-refractivity contribution in [3.8, 4) is 6.07 Å². The lowest BCUT2D eigenvalue weighted by Crippen LogP contribution is -2.75. The third-order valence-corrected chi connectivity index (χ3v) is 8.62. The highest BCUT2D eigenvalue weighted by molar-refractivity contribution is 9.10. The van der Waals surface area contributed by atoms with Crippen molar-refractivity contribution in [2.24, 2.45) is 0 Å². The maximum Gasteiger partial charge on any atom is 0.352 e. The van der Waals surface area contributed by atoms with Crippen molar-refractivity contribution >= 4 is 57.2 Å². The van der Waals surface area contributed by atoms with Crippen LogP contribution < -0.4 is 16.0 Å². The number of nitrogens with zero attached hydrogens (tertiary/aromatic N) is 2. The van der Waals surface area contributed by atoms with Crippen molar-refractivity contribution in [3.63, 3.8) is 0 Å². The Balaban J connectivity index is 1.53. The van der Waals surface area contributed by atoms with E-state index in [1.807, 2.05) is 6.07 Å². The average Bonchev–Trinajstić information content (AvgIpc) is 3.07. The van der Waals surface area contributed by atoms with Gasteiger partial charge in [-0.3, -0.25) is 24.7 Å². The molecule has 5 N–H and O–H groups in total. The van der Waals surface area contributed by atoms with Crippen molar-refractivity contribution in [2.45, 2.75) is 42.1 Å². The van der Waals surface area contributed by atoms with E-state index >= 15 is 0 Å². The fraction of sp³-hybridized carbons (Fsp3) is 0.308. The number of amidine groups is 1. The second-order valence-electron chi connectivity index (χ2n) is 9.54. The summed E-state index contributed by atoms with van der Waals surface area (Å²) in [5.74, 6) is -3.30. The zero-order valence-corrected chi connectivity index (χ0v) is 23.4. The van der Waals surface area contributed by atoms with Crippen LogP contribution in [0.2, 0.25) is 0 Å². The Kier molecular flexibility index (Phi) is 7.72. The molecular weight excluding hydrogens is 588 g/mol. The van der Waals surface area contributed by atoms with Crippen molar-refractivity contribution in [3.05, 3.63) is 69.7 Å². The number of fused-ring (bicyclic) bond motifs is 1. The summed E-state index contributed by atoms with van der Waals surface area (Å²) in [7, 11) is 0. The van der Waals surface area contributed by atoms with Crippen LogP contribution in [-0.2, 0) is 19.2 Å². The van der Waals surface area contributed by atoms with E-state index in [1.54, 1.807) is 56.3 Å². The number of nitrogens with one attached hydrogen (secondary N) is 4. The summed E-state index contributed by atoms with van der Waals surface area (Å²) in [4.78, 5) is 52.8. The number of amides is 3. The van der Waals surface area contributed by atoms with Crippen LogP contribution >= 0.6 is 27.7 Å². The number of thioether (sulfide) groups is 1. The number of carboxylic acids is 1. The zero-order valence-electron chi connectivity index (χ0n) is 20.9. The number of aliphatic carboxylic acids is 1.